The smallest absolute Gasteiger partial charge is 0.0887 e. The second-order valence-electron chi connectivity index (χ2n) is 3.75. The third-order valence-corrected chi connectivity index (χ3v) is 5.80. The van der Waals surface area contributed by atoms with Crippen molar-refractivity contribution in [1.29, 1.82) is 10.5 Å². The molecule has 0 N–H and O–H groups in total. The Morgan fingerprint density at radius 1 is 1.00 bits per heavy atom. The number of hydrogen-bond acceptors (Lipinski definition) is 3. The predicted molar refractivity (Wildman–Crippen MR) is 62.2 cm³/mol. The molecule has 1 unspecified atom stereocenters. The van der Waals surface area contributed by atoms with Crippen molar-refractivity contribution in [3.05, 3.63) is 0 Å². The molecule has 0 aliphatic carbocycles. The van der Waals surface area contributed by atoms with Crippen LogP contribution in [0, 0.1) is 22.7 Å². The quantitative estimate of drug-likeness (QED) is 0.470. The Labute approximate surface area is 92.5 Å². The second kappa shape index (κ2) is 8.51. The fourth-order valence-electron chi connectivity index (χ4n) is 1.60. The van der Waals surface area contributed by atoms with Crippen LogP contribution in [0.15, 0.2) is 0 Å². The molecule has 0 aromatic heterocycles. The first kappa shape index (κ1) is 14.2. The number of hydrogen-bond donors (Lipinski definition) is 0. The Bertz CT molecular complexity index is 288. The fraction of sp³-hybridized carbons (Fsp3) is 0.818. The Morgan fingerprint density at radius 2 is 1.67 bits per heavy atom. The molecule has 0 aliphatic rings. The lowest BCUT2D eigenvalue weighted by Gasteiger charge is -2.15. The predicted octanol–water partition coefficient (Wildman–Crippen LogP) is 3.37. The highest BCUT2D eigenvalue weighted by atomic mass is 31.2. The molecule has 3 nitrogen and oxygen atoms in total. The molecule has 0 saturated carbocycles. The Kier molecular flexibility index (Phi) is 8.06. The van der Waals surface area contributed by atoms with Crippen LogP contribution in [0.1, 0.15) is 39.0 Å². The van der Waals surface area contributed by atoms with E-state index in [1.807, 2.05) is 6.92 Å². The van der Waals surface area contributed by atoms with Crippen LogP contribution in [0.3, 0.4) is 0 Å². The molecule has 0 radical (unpaired) electrons. The van der Waals surface area contributed by atoms with Gasteiger partial charge in [-0.25, -0.2) is 0 Å². The summed E-state index contributed by atoms with van der Waals surface area (Å²) in [5.74, 6) is 0. The molecule has 0 aliphatic heterocycles. The van der Waals surface area contributed by atoms with E-state index in [1.165, 1.54) is 0 Å². The van der Waals surface area contributed by atoms with Crippen LogP contribution < -0.4 is 0 Å². The normalized spacial score (nSPS) is 13.8. The number of nitrogens with zero attached hydrogens (tertiary/aromatic N) is 2. The van der Waals surface area contributed by atoms with Gasteiger partial charge in [0.15, 0.2) is 0 Å². The van der Waals surface area contributed by atoms with Gasteiger partial charge in [0.25, 0.3) is 0 Å². The van der Waals surface area contributed by atoms with Gasteiger partial charge in [-0.3, -0.25) is 0 Å². The molecule has 4 heteroatoms. The van der Waals surface area contributed by atoms with Crippen molar-refractivity contribution < 1.29 is 4.57 Å². The van der Waals surface area contributed by atoms with E-state index in [9.17, 15) is 4.57 Å². The molecule has 0 aromatic carbocycles. The lowest BCUT2D eigenvalue weighted by Crippen LogP contribution is -1.99. The molecular formula is C11H19N2OP. The van der Waals surface area contributed by atoms with E-state index >= 15 is 0 Å². The van der Waals surface area contributed by atoms with Crippen LogP contribution in [0.5, 0.6) is 0 Å². The second-order valence-corrected chi connectivity index (χ2v) is 7.21. The number of rotatable bonds is 8. The Balaban J connectivity index is 3.97. The summed E-state index contributed by atoms with van der Waals surface area (Å²) in [5, 5.41) is 16.9. The van der Waals surface area contributed by atoms with E-state index < -0.39 is 7.14 Å². The molecule has 0 saturated heterocycles. The fourth-order valence-corrected chi connectivity index (χ4v) is 4.39. The molecule has 0 amide bonds. The molecule has 1 atom stereocenters. The van der Waals surface area contributed by atoms with Crippen molar-refractivity contribution >= 4 is 7.14 Å². The highest BCUT2D eigenvalue weighted by molar-refractivity contribution is 7.63. The van der Waals surface area contributed by atoms with Gasteiger partial charge in [0.1, 0.15) is 0 Å². The van der Waals surface area contributed by atoms with Crippen molar-refractivity contribution in [2.45, 2.75) is 39.0 Å². The van der Waals surface area contributed by atoms with Gasteiger partial charge >= 0.3 is 0 Å². The van der Waals surface area contributed by atoms with Crippen molar-refractivity contribution in [3.8, 4) is 12.1 Å². The summed E-state index contributed by atoms with van der Waals surface area (Å²) in [5.41, 5.74) is 0. The van der Waals surface area contributed by atoms with Crippen molar-refractivity contribution in [2.75, 3.05) is 18.5 Å². The summed E-state index contributed by atoms with van der Waals surface area (Å²) in [6, 6.07) is 4.15. The van der Waals surface area contributed by atoms with E-state index in [0.717, 1.165) is 25.4 Å². The summed E-state index contributed by atoms with van der Waals surface area (Å²) in [4.78, 5) is 0. The summed E-state index contributed by atoms with van der Waals surface area (Å²) >= 11 is 0. The SMILES string of the molecule is CCCP(=O)(CCC#N)CCCCC#N. The monoisotopic (exact) mass is 226 g/mol. The van der Waals surface area contributed by atoms with Crippen LogP contribution in [0.4, 0.5) is 0 Å². The lowest BCUT2D eigenvalue weighted by atomic mass is 10.3. The molecule has 0 bridgehead atoms. The molecule has 0 spiro atoms. The highest BCUT2D eigenvalue weighted by Gasteiger charge is 2.19. The van der Waals surface area contributed by atoms with Gasteiger partial charge in [-0.15, -0.1) is 0 Å². The highest BCUT2D eigenvalue weighted by Crippen LogP contribution is 2.47. The van der Waals surface area contributed by atoms with Gasteiger partial charge in [0, 0.05) is 31.3 Å². The Morgan fingerprint density at radius 3 is 2.20 bits per heavy atom. The average molecular weight is 226 g/mol. The molecular weight excluding hydrogens is 207 g/mol. The first-order chi connectivity index (χ1) is 7.18. The van der Waals surface area contributed by atoms with Crippen LogP contribution >= 0.6 is 7.14 Å². The van der Waals surface area contributed by atoms with E-state index in [0.29, 0.717) is 25.2 Å². The van der Waals surface area contributed by atoms with Crippen LogP contribution in [-0.4, -0.2) is 18.5 Å². The molecule has 0 rings (SSSR count). The molecule has 0 heterocycles. The standard InChI is InChI=1S/C11H19N2OP/c1-2-9-15(14,11-6-8-13)10-5-3-4-7-12/h2-6,9-11H2,1H3. The third kappa shape index (κ3) is 7.18. The summed E-state index contributed by atoms with van der Waals surface area (Å²) < 4.78 is 12.3. The largest absolute Gasteiger partial charge is 0.324 e. The van der Waals surface area contributed by atoms with Gasteiger partial charge in [0.2, 0.25) is 0 Å². The maximum Gasteiger partial charge on any atom is 0.0887 e. The third-order valence-electron chi connectivity index (χ3n) is 2.37. The zero-order chi connectivity index (χ0) is 11.6. The Hall–Kier alpha value is -0.790. The van der Waals surface area contributed by atoms with E-state index in [1.54, 1.807) is 0 Å². The minimum Gasteiger partial charge on any atom is -0.324 e. The maximum atomic E-state index is 12.3. The van der Waals surface area contributed by atoms with Crippen molar-refractivity contribution in [1.82, 2.24) is 0 Å². The van der Waals surface area contributed by atoms with Crippen molar-refractivity contribution in [3.63, 3.8) is 0 Å². The summed E-state index contributed by atoms with van der Waals surface area (Å²) in [6.07, 6.45) is 5.57. The van der Waals surface area contributed by atoms with Crippen LogP contribution in [-0.2, 0) is 4.57 Å². The zero-order valence-electron chi connectivity index (χ0n) is 9.41. The maximum absolute atomic E-state index is 12.3. The number of unbranched alkanes of at least 4 members (excludes halogenated alkanes) is 2. The molecule has 0 aromatic rings. The minimum absolute atomic E-state index is 0.398. The molecule has 84 valence electrons. The van der Waals surface area contributed by atoms with E-state index in [2.05, 4.69) is 12.1 Å². The lowest BCUT2D eigenvalue weighted by molar-refractivity contribution is 0.570. The average Bonchev–Trinajstić information content (AvgIpc) is 2.22. The molecule has 15 heavy (non-hydrogen) atoms. The van der Waals surface area contributed by atoms with Crippen LogP contribution in [0.25, 0.3) is 0 Å². The van der Waals surface area contributed by atoms with Gasteiger partial charge in [-0.2, -0.15) is 10.5 Å². The van der Waals surface area contributed by atoms with E-state index in [-0.39, 0.29) is 0 Å². The van der Waals surface area contributed by atoms with Crippen LogP contribution in [0.2, 0.25) is 0 Å². The zero-order valence-corrected chi connectivity index (χ0v) is 10.3. The minimum atomic E-state index is -2.11. The summed E-state index contributed by atoms with van der Waals surface area (Å²) in [6.45, 7) is 2.02. The van der Waals surface area contributed by atoms with Gasteiger partial charge in [-0.1, -0.05) is 6.92 Å². The number of nitriles is 2. The van der Waals surface area contributed by atoms with Gasteiger partial charge < -0.3 is 4.57 Å². The summed E-state index contributed by atoms with van der Waals surface area (Å²) in [7, 11) is -2.11. The first-order valence-corrected chi connectivity index (χ1v) is 7.76. The van der Waals surface area contributed by atoms with E-state index in [4.69, 9.17) is 10.5 Å². The topological polar surface area (TPSA) is 64.7 Å². The molecule has 0 fully saturated rings. The first-order valence-electron chi connectivity index (χ1n) is 5.49. The van der Waals surface area contributed by atoms with Crippen molar-refractivity contribution in [2.24, 2.45) is 0 Å². The van der Waals surface area contributed by atoms with Gasteiger partial charge in [0.05, 0.1) is 19.3 Å². The van der Waals surface area contributed by atoms with Gasteiger partial charge in [-0.05, 0) is 19.3 Å².